The van der Waals surface area contributed by atoms with Gasteiger partial charge >= 0.3 is 0 Å². The second-order valence-electron chi connectivity index (χ2n) is 3.33. The normalized spacial score (nSPS) is 30.6. The maximum absolute atomic E-state index is 11.7. The van der Waals surface area contributed by atoms with Crippen molar-refractivity contribution in [2.45, 2.75) is 31.1 Å². The summed E-state index contributed by atoms with van der Waals surface area (Å²) in [5.74, 6) is 0.742. The van der Waals surface area contributed by atoms with Crippen LogP contribution in [0.25, 0.3) is 0 Å². The van der Waals surface area contributed by atoms with Crippen molar-refractivity contribution in [3.63, 3.8) is 0 Å². The summed E-state index contributed by atoms with van der Waals surface area (Å²) < 4.78 is 22.0. The van der Waals surface area contributed by atoms with Gasteiger partial charge in [-0.05, 0) is 19.8 Å². The molecule has 0 radical (unpaired) electrons. The Morgan fingerprint density at radius 3 is 2.92 bits per heavy atom. The van der Waals surface area contributed by atoms with E-state index in [1.807, 2.05) is 6.92 Å². The average Bonchev–Trinajstić information content (AvgIpc) is 2.52. The quantitative estimate of drug-likeness (QED) is 0.628. The molecule has 0 aromatic carbocycles. The average molecular weight is 206 g/mol. The fourth-order valence-corrected chi connectivity index (χ4v) is 3.12. The lowest BCUT2D eigenvalue weighted by atomic mass is 10.3. The predicted octanol–water partition coefficient (Wildman–Crippen LogP) is 0.949. The van der Waals surface area contributed by atoms with E-state index in [4.69, 9.17) is 9.47 Å². The van der Waals surface area contributed by atoms with Crippen LogP contribution in [0.15, 0.2) is 0 Å². The van der Waals surface area contributed by atoms with E-state index in [1.54, 1.807) is 7.11 Å². The van der Waals surface area contributed by atoms with Crippen molar-refractivity contribution in [1.29, 1.82) is 0 Å². The van der Waals surface area contributed by atoms with E-state index in [0.717, 1.165) is 25.2 Å². The van der Waals surface area contributed by atoms with E-state index in [0.29, 0.717) is 6.61 Å². The molecule has 1 aliphatic heterocycles. The number of ether oxygens (including phenoxy) is 2. The summed E-state index contributed by atoms with van der Waals surface area (Å²) in [6.45, 7) is 3.47. The predicted molar refractivity (Wildman–Crippen MR) is 53.3 cm³/mol. The summed E-state index contributed by atoms with van der Waals surface area (Å²) in [5.41, 5.74) is 0. The van der Waals surface area contributed by atoms with Crippen molar-refractivity contribution in [2.75, 3.05) is 26.1 Å². The van der Waals surface area contributed by atoms with Crippen molar-refractivity contribution in [3.05, 3.63) is 0 Å². The van der Waals surface area contributed by atoms with Gasteiger partial charge < -0.3 is 9.47 Å². The van der Waals surface area contributed by atoms with Crippen LogP contribution in [0.5, 0.6) is 0 Å². The molecule has 0 spiro atoms. The third-order valence-corrected chi connectivity index (χ3v) is 4.32. The molecule has 78 valence electrons. The molecule has 0 unspecified atom stereocenters. The molecule has 3 atom stereocenters. The Labute approximate surface area is 82.3 Å². The van der Waals surface area contributed by atoms with E-state index < -0.39 is 10.8 Å². The second-order valence-corrected chi connectivity index (χ2v) is 5.11. The molecule has 0 saturated carbocycles. The number of rotatable bonds is 5. The third kappa shape index (κ3) is 3.37. The van der Waals surface area contributed by atoms with Crippen LogP contribution >= 0.6 is 0 Å². The smallest absolute Gasteiger partial charge is 0.0691 e. The molecule has 13 heavy (non-hydrogen) atoms. The standard InChI is InChI=1S/C9H18O3S/c1-8-9(4-6-12-8)13(10)7-3-5-11-2/h8-9H,3-7H2,1-2H3/t8-,9-,13-/m0/s1. The Hall–Kier alpha value is 0.0700. The Balaban J connectivity index is 2.22. The van der Waals surface area contributed by atoms with Gasteiger partial charge in [-0.15, -0.1) is 0 Å². The van der Waals surface area contributed by atoms with Crippen LogP contribution in [-0.2, 0) is 20.3 Å². The maximum Gasteiger partial charge on any atom is 0.0691 e. The molecular weight excluding hydrogens is 188 g/mol. The zero-order valence-corrected chi connectivity index (χ0v) is 9.14. The number of hydrogen-bond acceptors (Lipinski definition) is 3. The Bertz CT molecular complexity index is 172. The molecule has 0 N–H and O–H groups in total. The van der Waals surface area contributed by atoms with Crippen LogP contribution in [0.1, 0.15) is 19.8 Å². The van der Waals surface area contributed by atoms with Crippen molar-refractivity contribution in [3.8, 4) is 0 Å². The third-order valence-electron chi connectivity index (χ3n) is 2.34. The monoisotopic (exact) mass is 206 g/mol. The lowest BCUT2D eigenvalue weighted by molar-refractivity contribution is 0.127. The maximum atomic E-state index is 11.7. The molecule has 0 bridgehead atoms. The van der Waals surface area contributed by atoms with Crippen LogP contribution in [0.4, 0.5) is 0 Å². The van der Waals surface area contributed by atoms with E-state index >= 15 is 0 Å². The first-order chi connectivity index (χ1) is 6.25. The topological polar surface area (TPSA) is 35.5 Å². The molecule has 0 aromatic rings. The fourth-order valence-electron chi connectivity index (χ4n) is 1.55. The first-order valence-corrected chi connectivity index (χ1v) is 6.11. The van der Waals surface area contributed by atoms with E-state index in [1.165, 1.54) is 0 Å². The van der Waals surface area contributed by atoms with Gasteiger partial charge in [0.1, 0.15) is 0 Å². The molecule has 0 aromatic heterocycles. The minimum absolute atomic E-state index is 0.170. The minimum atomic E-state index is -0.732. The summed E-state index contributed by atoms with van der Waals surface area (Å²) in [7, 11) is 0.939. The van der Waals surface area contributed by atoms with Gasteiger partial charge in [0.15, 0.2) is 0 Å². The van der Waals surface area contributed by atoms with Gasteiger partial charge in [0.2, 0.25) is 0 Å². The Morgan fingerprint density at radius 2 is 2.38 bits per heavy atom. The molecule has 3 nitrogen and oxygen atoms in total. The van der Waals surface area contributed by atoms with Crippen LogP contribution < -0.4 is 0 Å². The Morgan fingerprint density at radius 1 is 1.62 bits per heavy atom. The van der Waals surface area contributed by atoms with Gasteiger partial charge in [0, 0.05) is 36.9 Å². The SMILES string of the molecule is COCCC[S@](=O)[C@H]1CCO[C@H]1C. The van der Waals surface area contributed by atoms with Gasteiger partial charge in [-0.3, -0.25) is 4.21 Å². The molecule has 1 fully saturated rings. The van der Waals surface area contributed by atoms with E-state index in [2.05, 4.69) is 0 Å². The van der Waals surface area contributed by atoms with Crippen molar-refractivity contribution < 1.29 is 13.7 Å². The van der Waals surface area contributed by atoms with Gasteiger partial charge in [-0.25, -0.2) is 0 Å². The van der Waals surface area contributed by atoms with Crippen LogP contribution in [0, 0.1) is 0 Å². The first-order valence-electron chi connectivity index (χ1n) is 4.73. The molecule has 1 heterocycles. The van der Waals surface area contributed by atoms with Gasteiger partial charge in [-0.2, -0.15) is 0 Å². The molecule has 1 saturated heterocycles. The molecule has 0 amide bonds. The van der Waals surface area contributed by atoms with E-state index in [-0.39, 0.29) is 11.4 Å². The fraction of sp³-hybridized carbons (Fsp3) is 1.00. The van der Waals surface area contributed by atoms with Gasteiger partial charge in [-0.1, -0.05) is 0 Å². The molecular formula is C9H18O3S. The van der Waals surface area contributed by atoms with Crippen LogP contribution in [0.2, 0.25) is 0 Å². The summed E-state index contributed by atoms with van der Waals surface area (Å²) in [5, 5.41) is 0.247. The van der Waals surface area contributed by atoms with Crippen molar-refractivity contribution in [2.24, 2.45) is 0 Å². The van der Waals surface area contributed by atoms with Crippen LogP contribution in [-0.4, -0.2) is 41.6 Å². The highest BCUT2D eigenvalue weighted by Gasteiger charge is 2.28. The lowest BCUT2D eigenvalue weighted by Crippen LogP contribution is -2.25. The zero-order chi connectivity index (χ0) is 9.68. The Kier molecular flexibility index (Phi) is 4.91. The summed E-state index contributed by atoms with van der Waals surface area (Å²) in [6.07, 6.45) is 2.00. The highest BCUT2D eigenvalue weighted by Crippen LogP contribution is 2.19. The highest BCUT2D eigenvalue weighted by molar-refractivity contribution is 7.85. The summed E-state index contributed by atoms with van der Waals surface area (Å²) >= 11 is 0. The zero-order valence-electron chi connectivity index (χ0n) is 8.32. The minimum Gasteiger partial charge on any atom is -0.385 e. The van der Waals surface area contributed by atoms with Crippen molar-refractivity contribution in [1.82, 2.24) is 0 Å². The lowest BCUT2D eigenvalue weighted by Gasteiger charge is -2.13. The van der Waals surface area contributed by atoms with Crippen molar-refractivity contribution >= 4 is 10.8 Å². The molecule has 0 aliphatic carbocycles. The number of methoxy groups -OCH3 is 1. The van der Waals surface area contributed by atoms with Gasteiger partial charge in [0.05, 0.1) is 11.4 Å². The first kappa shape index (κ1) is 11.1. The molecule has 1 aliphatic rings. The summed E-state index contributed by atoms with van der Waals surface area (Å²) in [6, 6.07) is 0. The number of hydrogen-bond donors (Lipinski definition) is 0. The highest BCUT2D eigenvalue weighted by atomic mass is 32.2. The second kappa shape index (κ2) is 5.73. The van der Waals surface area contributed by atoms with Gasteiger partial charge in [0.25, 0.3) is 0 Å². The largest absolute Gasteiger partial charge is 0.385 e. The van der Waals surface area contributed by atoms with E-state index in [9.17, 15) is 4.21 Å². The summed E-state index contributed by atoms with van der Waals surface area (Å²) in [4.78, 5) is 0. The molecule has 4 heteroatoms. The van der Waals surface area contributed by atoms with Crippen LogP contribution in [0.3, 0.4) is 0 Å². The molecule has 1 rings (SSSR count).